The molecule has 2 aromatic carbocycles. The van der Waals surface area contributed by atoms with Crippen molar-refractivity contribution in [2.45, 2.75) is 6.42 Å². The monoisotopic (exact) mass is 300 g/mol. The molecule has 5 nitrogen and oxygen atoms in total. The first-order chi connectivity index (χ1) is 10.6. The van der Waals surface area contributed by atoms with Crippen molar-refractivity contribution in [3.8, 4) is 11.5 Å². The quantitative estimate of drug-likeness (QED) is 0.655. The van der Waals surface area contributed by atoms with Crippen LogP contribution in [0.5, 0.6) is 11.5 Å². The third kappa shape index (κ3) is 4.09. The molecule has 2 aromatic rings. The van der Waals surface area contributed by atoms with Gasteiger partial charge < -0.3 is 14.6 Å². The number of hydrogen-bond acceptors (Lipinski definition) is 5. The van der Waals surface area contributed by atoms with E-state index in [2.05, 4.69) is 4.74 Å². The molecule has 114 valence electrons. The van der Waals surface area contributed by atoms with Gasteiger partial charge in [0.15, 0.2) is 5.78 Å². The molecule has 0 aromatic heterocycles. The number of phenolic OH excluding ortho intramolecular Hbond substituents is 1. The van der Waals surface area contributed by atoms with Crippen LogP contribution in [0.25, 0.3) is 0 Å². The summed E-state index contributed by atoms with van der Waals surface area (Å²) in [5.41, 5.74) is 0.950. The molecule has 0 saturated carbocycles. The lowest BCUT2D eigenvalue weighted by Gasteiger charge is -2.07. The number of methoxy groups -OCH3 is 1. The minimum atomic E-state index is -0.351. The van der Waals surface area contributed by atoms with Crippen molar-refractivity contribution in [2.75, 3.05) is 13.7 Å². The summed E-state index contributed by atoms with van der Waals surface area (Å²) in [5, 5.41) is 9.25. The summed E-state index contributed by atoms with van der Waals surface area (Å²) in [6.45, 7) is 0.184. The number of ether oxygens (including phenoxy) is 2. The summed E-state index contributed by atoms with van der Waals surface area (Å²) < 4.78 is 9.96. The molecule has 0 aliphatic rings. The molecule has 0 aliphatic heterocycles. The molecule has 2 rings (SSSR count). The van der Waals surface area contributed by atoms with Crippen molar-refractivity contribution in [2.24, 2.45) is 0 Å². The fourth-order valence-electron chi connectivity index (χ4n) is 1.86. The largest absolute Gasteiger partial charge is 0.508 e. The Morgan fingerprint density at radius 2 is 1.77 bits per heavy atom. The molecule has 0 bridgehead atoms. The molecule has 0 amide bonds. The lowest BCUT2D eigenvalue weighted by Crippen LogP contribution is -2.08. The van der Waals surface area contributed by atoms with Crippen LogP contribution in [0.3, 0.4) is 0 Å². The van der Waals surface area contributed by atoms with E-state index in [1.807, 2.05) is 0 Å². The van der Waals surface area contributed by atoms with Gasteiger partial charge in [-0.25, -0.2) is 0 Å². The smallest absolute Gasteiger partial charge is 0.308 e. The fraction of sp³-hybridized carbons (Fsp3) is 0.176. The first-order valence-electron chi connectivity index (χ1n) is 6.73. The second-order valence-corrected chi connectivity index (χ2v) is 4.58. The Morgan fingerprint density at radius 3 is 2.45 bits per heavy atom. The van der Waals surface area contributed by atoms with E-state index in [4.69, 9.17) is 4.74 Å². The van der Waals surface area contributed by atoms with Gasteiger partial charge in [0.2, 0.25) is 0 Å². The second-order valence-electron chi connectivity index (χ2n) is 4.58. The molecule has 0 unspecified atom stereocenters. The predicted octanol–water partition coefficient (Wildman–Crippen LogP) is 2.57. The normalized spacial score (nSPS) is 10.0. The Kier molecular flexibility index (Phi) is 5.14. The molecule has 0 atom stereocenters. The average Bonchev–Trinajstić information content (AvgIpc) is 2.55. The van der Waals surface area contributed by atoms with Crippen molar-refractivity contribution >= 4 is 11.8 Å². The maximum absolute atomic E-state index is 12.3. The highest BCUT2D eigenvalue weighted by Gasteiger charge is 2.10. The van der Waals surface area contributed by atoms with Crippen LogP contribution in [0.1, 0.15) is 22.3 Å². The standard InChI is InChI=1S/C17H16O5/c1-21-16(19)9-10-22-15-4-2-3-13(11-15)17(20)12-5-7-14(18)8-6-12/h2-8,11,18H,9-10H2,1H3. The third-order valence-corrected chi connectivity index (χ3v) is 3.03. The minimum Gasteiger partial charge on any atom is -0.508 e. The number of carbonyl (C=O) groups excluding carboxylic acids is 2. The molecular formula is C17H16O5. The number of carbonyl (C=O) groups is 2. The first kappa shape index (κ1) is 15.6. The van der Waals surface area contributed by atoms with Crippen LogP contribution in [0.4, 0.5) is 0 Å². The van der Waals surface area contributed by atoms with Gasteiger partial charge in [-0.2, -0.15) is 0 Å². The van der Waals surface area contributed by atoms with Crippen LogP contribution in [0.2, 0.25) is 0 Å². The molecule has 22 heavy (non-hydrogen) atoms. The zero-order valence-electron chi connectivity index (χ0n) is 12.1. The number of aromatic hydroxyl groups is 1. The van der Waals surface area contributed by atoms with E-state index in [9.17, 15) is 14.7 Å². The highest BCUT2D eigenvalue weighted by atomic mass is 16.5. The van der Waals surface area contributed by atoms with Crippen molar-refractivity contribution in [1.29, 1.82) is 0 Å². The third-order valence-electron chi connectivity index (χ3n) is 3.03. The predicted molar refractivity (Wildman–Crippen MR) is 80.1 cm³/mol. The lowest BCUT2D eigenvalue weighted by molar-refractivity contribution is -0.141. The van der Waals surface area contributed by atoms with Crippen LogP contribution < -0.4 is 4.74 Å². The summed E-state index contributed by atoms with van der Waals surface area (Å²) in [4.78, 5) is 23.3. The van der Waals surface area contributed by atoms with E-state index in [1.165, 1.54) is 19.2 Å². The Labute approximate surface area is 128 Å². The zero-order valence-corrected chi connectivity index (χ0v) is 12.1. The van der Waals surface area contributed by atoms with Crippen molar-refractivity contribution in [3.05, 3.63) is 59.7 Å². The van der Waals surface area contributed by atoms with Gasteiger partial charge in [-0.3, -0.25) is 9.59 Å². The number of benzene rings is 2. The van der Waals surface area contributed by atoms with Gasteiger partial charge in [-0.1, -0.05) is 12.1 Å². The van der Waals surface area contributed by atoms with Crippen molar-refractivity contribution in [3.63, 3.8) is 0 Å². The first-order valence-corrected chi connectivity index (χ1v) is 6.73. The van der Waals surface area contributed by atoms with Gasteiger partial charge in [0, 0.05) is 11.1 Å². The van der Waals surface area contributed by atoms with E-state index in [0.717, 1.165) is 0 Å². The number of ketones is 1. The van der Waals surface area contributed by atoms with Gasteiger partial charge in [0.25, 0.3) is 0 Å². The van der Waals surface area contributed by atoms with Gasteiger partial charge in [0.1, 0.15) is 11.5 Å². The van der Waals surface area contributed by atoms with Gasteiger partial charge in [0.05, 0.1) is 20.1 Å². The number of rotatable bonds is 6. The SMILES string of the molecule is COC(=O)CCOc1cccc(C(=O)c2ccc(O)cc2)c1. The van der Waals surface area contributed by atoms with Crippen LogP contribution in [0, 0.1) is 0 Å². The molecule has 0 heterocycles. The molecule has 0 saturated heterocycles. The van der Waals surface area contributed by atoms with Gasteiger partial charge in [-0.05, 0) is 36.4 Å². The number of phenols is 1. The Balaban J connectivity index is 2.06. The van der Waals surface area contributed by atoms with Crippen LogP contribution in [-0.2, 0) is 9.53 Å². The van der Waals surface area contributed by atoms with Crippen LogP contribution >= 0.6 is 0 Å². The molecule has 0 radical (unpaired) electrons. The lowest BCUT2D eigenvalue weighted by atomic mass is 10.0. The topological polar surface area (TPSA) is 72.8 Å². The highest BCUT2D eigenvalue weighted by Crippen LogP contribution is 2.18. The summed E-state index contributed by atoms with van der Waals surface area (Å²) in [6.07, 6.45) is 0.145. The molecule has 0 spiro atoms. The Hall–Kier alpha value is -2.82. The highest BCUT2D eigenvalue weighted by molar-refractivity contribution is 6.09. The van der Waals surface area contributed by atoms with E-state index in [0.29, 0.717) is 16.9 Å². The van der Waals surface area contributed by atoms with E-state index in [-0.39, 0.29) is 30.5 Å². The summed E-state index contributed by atoms with van der Waals surface area (Å²) in [7, 11) is 1.32. The summed E-state index contributed by atoms with van der Waals surface area (Å²) >= 11 is 0. The molecule has 5 heteroatoms. The zero-order chi connectivity index (χ0) is 15.9. The maximum atomic E-state index is 12.3. The van der Waals surface area contributed by atoms with E-state index < -0.39 is 0 Å². The summed E-state index contributed by atoms with van der Waals surface area (Å²) in [6, 6.07) is 12.8. The maximum Gasteiger partial charge on any atom is 0.308 e. The van der Waals surface area contributed by atoms with Gasteiger partial charge >= 0.3 is 5.97 Å². The van der Waals surface area contributed by atoms with Crippen molar-refractivity contribution < 1.29 is 24.2 Å². The van der Waals surface area contributed by atoms with E-state index in [1.54, 1.807) is 36.4 Å². The molecular weight excluding hydrogens is 284 g/mol. The Bertz CT molecular complexity index is 661. The van der Waals surface area contributed by atoms with Crippen LogP contribution in [-0.4, -0.2) is 30.6 Å². The average molecular weight is 300 g/mol. The summed E-state index contributed by atoms with van der Waals surface area (Å²) in [5.74, 6) is 0.0970. The molecule has 0 aliphatic carbocycles. The van der Waals surface area contributed by atoms with Crippen molar-refractivity contribution in [1.82, 2.24) is 0 Å². The van der Waals surface area contributed by atoms with Gasteiger partial charge in [-0.15, -0.1) is 0 Å². The molecule has 1 N–H and O–H groups in total. The number of esters is 1. The second kappa shape index (κ2) is 7.26. The number of hydrogen-bond donors (Lipinski definition) is 1. The van der Waals surface area contributed by atoms with Crippen LogP contribution in [0.15, 0.2) is 48.5 Å². The van der Waals surface area contributed by atoms with E-state index >= 15 is 0 Å². The minimum absolute atomic E-state index is 0.108. The fourth-order valence-corrected chi connectivity index (χ4v) is 1.86. The Morgan fingerprint density at radius 1 is 1.05 bits per heavy atom. The molecule has 0 fully saturated rings.